The minimum atomic E-state index is -0.931. The number of likely N-dealkylation sites (N-methyl/N-ethyl adjacent to an activating group) is 1. The second-order valence-corrected chi connectivity index (χ2v) is 6.48. The highest BCUT2D eigenvalue weighted by molar-refractivity contribution is 5.86. The van der Waals surface area contributed by atoms with E-state index in [9.17, 15) is 4.79 Å². The smallest absolute Gasteiger partial charge is 0.244 e. The van der Waals surface area contributed by atoms with Gasteiger partial charge in [0.15, 0.2) is 0 Å². The van der Waals surface area contributed by atoms with Crippen LogP contribution in [0.5, 0.6) is 11.5 Å². The van der Waals surface area contributed by atoms with Crippen molar-refractivity contribution in [2.75, 3.05) is 20.8 Å². The first-order chi connectivity index (χ1) is 11.6. The highest BCUT2D eigenvalue weighted by Crippen LogP contribution is 2.31. The summed E-state index contributed by atoms with van der Waals surface area (Å²) >= 11 is 0. The Labute approximate surface area is 144 Å². The van der Waals surface area contributed by atoms with E-state index >= 15 is 0 Å². The van der Waals surface area contributed by atoms with E-state index in [4.69, 9.17) is 15.3 Å². The number of hydrazine groups is 1. The Morgan fingerprint density at radius 2 is 2.00 bits per heavy atom. The van der Waals surface area contributed by atoms with Crippen LogP contribution in [0.2, 0.25) is 0 Å². The minimum Gasteiger partial charge on any atom is -0.497 e. The number of methoxy groups -OCH3 is 1. The molecule has 0 aliphatic heterocycles. The van der Waals surface area contributed by atoms with E-state index in [2.05, 4.69) is 10.7 Å². The van der Waals surface area contributed by atoms with Gasteiger partial charge in [-0.05, 0) is 24.5 Å². The molecule has 1 aromatic rings. The standard InChI is InChI=1S/C18H29N3O3/c1-20-17(22)18(21-19,12-14-7-4-3-5-8-14)13-24-16-10-6-9-15(11-16)23-2/h6,9-11,14,21H,3-5,7-8,12-13,19H2,1-2H3,(H,20,22). The Balaban J connectivity index is 2.10. The van der Waals surface area contributed by atoms with Gasteiger partial charge in [0.25, 0.3) is 0 Å². The Bertz CT molecular complexity index is 532. The van der Waals surface area contributed by atoms with Crippen molar-refractivity contribution in [3.8, 4) is 11.5 Å². The highest BCUT2D eigenvalue weighted by atomic mass is 16.5. The van der Waals surface area contributed by atoms with Crippen molar-refractivity contribution in [3.05, 3.63) is 24.3 Å². The monoisotopic (exact) mass is 335 g/mol. The molecule has 1 fully saturated rings. The quantitative estimate of drug-likeness (QED) is 0.500. The summed E-state index contributed by atoms with van der Waals surface area (Å²) in [6.07, 6.45) is 6.66. The van der Waals surface area contributed by atoms with Crippen LogP contribution in [0.3, 0.4) is 0 Å². The molecule has 24 heavy (non-hydrogen) atoms. The van der Waals surface area contributed by atoms with Crippen LogP contribution in [-0.2, 0) is 4.79 Å². The van der Waals surface area contributed by atoms with Crippen LogP contribution >= 0.6 is 0 Å². The van der Waals surface area contributed by atoms with Crippen molar-refractivity contribution in [1.29, 1.82) is 0 Å². The van der Waals surface area contributed by atoms with Crippen LogP contribution in [0, 0.1) is 5.92 Å². The molecule has 1 aliphatic rings. The van der Waals surface area contributed by atoms with Gasteiger partial charge in [-0.2, -0.15) is 0 Å². The molecular formula is C18H29N3O3. The zero-order valence-corrected chi connectivity index (χ0v) is 14.6. The third kappa shape index (κ3) is 4.61. The summed E-state index contributed by atoms with van der Waals surface area (Å²) in [6, 6.07) is 7.34. The van der Waals surface area contributed by atoms with Crippen molar-refractivity contribution in [2.24, 2.45) is 11.8 Å². The van der Waals surface area contributed by atoms with Crippen LogP contribution in [0.4, 0.5) is 0 Å². The van der Waals surface area contributed by atoms with Crippen LogP contribution in [0.1, 0.15) is 38.5 Å². The molecule has 6 heteroatoms. The first kappa shape index (κ1) is 18.5. The Hall–Kier alpha value is -1.79. The number of benzene rings is 1. The van der Waals surface area contributed by atoms with Crippen molar-refractivity contribution in [3.63, 3.8) is 0 Å². The largest absolute Gasteiger partial charge is 0.497 e. The maximum atomic E-state index is 12.5. The third-order valence-corrected chi connectivity index (χ3v) is 4.83. The molecule has 1 aliphatic carbocycles. The topological polar surface area (TPSA) is 85.6 Å². The lowest BCUT2D eigenvalue weighted by Crippen LogP contribution is -2.63. The SMILES string of the molecule is CNC(=O)C(COc1cccc(OC)c1)(CC1CCCCC1)NN. The van der Waals surface area contributed by atoms with Crippen molar-refractivity contribution < 1.29 is 14.3 Å². The average molecular weight is 335 g/mol. The maximum absolute atomic E-state index is 12.5. The normalized spacial score (nSPS) is 17.8. The number of nitrogens with two attached hydrogens (primary N) is 1. The number of hydrogen-bond donors (Lipinski definition) is 3. The lowest BCUT2D eigenvalue weighted by molar-refractivity contribution is -0.129. The Kier molecular flexibility index (Phi) is 6.87. The van der Waals surface area contributed by atoms with Crippen LogP contribution < -0.4 is 26.1 Å². The minimum absolute atomic E-state index is 0.140. The number of carbonyl (C=O) groups excluding carboxylic acids is 1. The van der Waals surface area contributed by atoms with Gasteiger partial charge in [0, 0.05) is 13.1 Å². The number of carbonyl (C=O) groups is 1. The number of nitrogens with one attached hydrogen (secondary N) is 2. The van der Waals surface area contributed by atoms with E-state index in [0.717, 1.165) is 12.8 Å². The van der Waals surface area contributed by atoms with Crippen LogP contribution in [0.15, 0.2) is 24.3 Å². The van der Waals surface area contributed by atoms with Crippen LogP contribution in [-0.4, -0.2) is 32.2 Å². The fraction of sp³-hybridized carbons (Fsp3) is 0.611. The molecule has 0 aromatic heterocycles. The molecule has 4 N–H and O–H groups in total. The van der Waals surface area contributed by atoms with E-state index in [-0.39, 0.29) is 12.5 Å². The summed E-state index contributed by atoms with van der Waals surface area (Å²) < 4.78 is 11.1. The zero-order valence-electron chi connectivity index (χ0n) is 14.6. The Morgan fingerprint density at radius 1 is 1.29 bits per heavy atom. The molecule has 134 valence electrons. The molecule has 0 radical (unpaired) electrons. The third-order valence-electron chi connectivity index (χ3n) is 4.83. The molecule has 0 saturated heterocycles. The van der Waals surface area contributed by atoms with E-state index in [1.165, 1.54) is 19.3 Å². The summed E-state index contributed by atoms with van der Waals surface area (Å²) in [5, 5.41) is 2.72. The number of rotatable bonds is 8. The predicted molar refractivity (Wildman–Crippen MR) is 93.8 cm³/mol. The summed E-state index contributed by atoms with van der Waals surface area (Å²) in [6.45, 7) is 0.173. The van der Waals surface area contributed by atoms with Gasteiger partial charge in [-0.3, -0.25) is 10.6 Å². The lowest BCUT2D eigenvalue weighted by Gasteiger charge is -2.35. The van der Waals surface area contributed by atoms with E-state index in [1.54, 1.807) is 20.2 Å². The molecule has 0 bridgehead atoms. The highest BCUT2D eigenvalue weighted by Gasteiger charge is 2.40. The molecule has 0 spiro atoms. The van der Waals surface area contributed by atoms with Gasteiger partial charge in [-0.25, -0.2) is 5.43 Å². The number of hydrogen-bond acceptors (Lipinski definition) is 5. The number of amides is 1. The van der Waals surface area contributed by atoms with E-state index < -0.39 is 5.54 Å². The van der Waals surface area contributed by atoms with Gasteiger partial charge in [0.1, 0.15) is 23.6 Å². The fourth-order valence-corrected chi connectivity index (χ4v) is 3.40. The van der Waals surface area contributed by atoms with Crippen molar-refractivity contribution in [2.45, 2.75) is 44.1 Å². The first-order valence-corrected chi connectivity index (χ1v) is 8.60. The Morgan fingerprint density at radius 3 is 2.62 bits per heavy atom. The summed E-state index contributed by atoms with van der Waals surface area (Å²) in [5.74, 6) is 7.52. The van der Waals surface area contributed by atoms with Gasteiger partial charge >= 0.3 is 0 Å². The van der Waals surface area contributed by atoms with Gasteiger partial charge < -0.3 is 14.8 Å². The van der Waals surface area contributed by atoms with E-state index in [0.29, 0.717) is 23.8 Å². The molecule has 1 amide bonds. The second-order valence-electron chi connectivity index (χ2n) is 6.48. The lowest BCUT2D eigenvalue weighted by atomic mass is 9.79. The molecule has 1 aromatic carbocycles. The average Bonchev–Trinajstić information content (AvgIpc) is 2.65. The molecule has 2 rings (SSSR count). The maximum Gasteiger partial charge on any atom is 0.244 e. The molecule has 1 unspecified atom stereocenters. The predicted octanol–water partition coefficient (Wildman–Crippen LogP) is 1.99. The van der Waals surface area contributed by atoms with Crippen molar-refractivity contribution in [1.82, 2.24) is 10.7 Å². The van der Waals surface area contributed by atoms with Gasteiger partial charge in [-0.1, -0.05) is 38.2 Å². The van der Waals surface area contributed by atoms with Gasteiger partial charge in [0.2, 0.25) is 5.91 Å². The first-order valence-electron chi connectivity index (χ1n) is 8.60. The molecule has 0 heterocycles. The van der Waals surface area contributed by atoms with E-state index in [1.807, 2.05) is 18.2 Å². The number of ether oxygens (including phenoxy) is 2. The zero-order chi connectivity index (χ0) is 17.4. The second kappa shape index (κ2) is 8.89. The summed E-state index contributed by atoms with van der Waals surface area (Å²) in [4.78, 5) is 12.5. The van der Waals surface area contributed by atoms with Gasteiger partial charge in [-0.15, -0.1) is 0 Å². The summed E-state index contributed by atoms with van der Waals surface area (Å²) in [7, 11) is 3.24. The van der Waals surface area contributed by atoms with Gasteiger partial charge in [0.05, 0.1) is 7.11 Å². The molecule has 1 saturated carbocycles. The van der Waals surface area contributed by atoms with Crippen molar-refractivity contribution >= 4 is 5.91 Å². The molecular weight excluding hydrogens is 306 g/mol. The fourth-order valence-electron chi connectivity index (χ4n) is 3.40. The molecule has 1 atom stereocenters. The van der Waals surface area contributed by atoms with Crippen LogP contribution in [0.25, 0.3) is 0 Å². The molecule has 6 nitrogen and oxygen atoms in total. The summed E-state index contributed by atoms with van der Waals surface area (Å²) in [5.41, 5.74) is 1.81.